The molecule has 1 rings (SSSR count). The fourth-order valence-electron chi connectivity index (χ4n) is 1.72. The molecule has 1 aliphatic heterocycles. The molecule has 0 aromatic carbocycles. The first-order chi connectivity index (χ1) is 8.21. The first kappa shape index (κ1) is 15.8. The van der Waals surface area contributed by atoms with Crippen molar-refractivity contribution in [3.05, 3.63) is 0 Å². The van der Waals surface area contributed by atoms with Crippen molar-refractivity contribution in [3.8, 4) is 0 Å². The Balaban J connectivity index is 2.78. The van der Waals surface area contributed by atoms with Crippen LogP contribution in [0.2, 0.25) is 0 Å². The predicted octanol–water partition coefficient (Wildman–Crippen LogP) is -1.07. The molecular formula is C9H20N2O5S2. The van der Waals surface area contributed by atoms with Gasteiger partial charge < -0.3 is 4.74 Å². The molecule has 1 saturated heterocycles. The van der Waals surface area contributed by atoms with E-state index in [2.05, 4.69) is 0 Å². The zero-order chi connectivity index (χ0) is 13.8. The number of hydrogen-bond acceptors (Lipinski definition) is 5. The lowest BCUT2D eigenvalue weighted by molar-refractivity contribution is 0.109. The van der Waals surface area contributed by atoms with Crippen LogP contribution < -0.4 is 0 Å². The summed E-state index contributed by atoms with van der Waals surface area (Å²) in [5.41, 5.74) is 0. The molecule has 0 aliphatic carbocycles. The second-order valence-corrected chi connectivity index (χ2v) is 8.25. The molecule has 0 bridgehead atoms. The summed E-state index contributed by atoms with van der Waals surface area (Å²) in [6, 6.07) is 0. The molecular weight excluding hydrogens is 280 g/mol. The predicted molar refractivity (Wildman–Crippen MR) is 68.3 cm³/mol. The van der Waals surface area contributed by atoms with E-state index in [0.29, 0.717) is 26.2 Å². The maximum Gasteiger partial charge on any atom is 0.211 e. The molecule has 0 radical (unpaired) electrons. The van der Waals surface area contributed by atoms with Crippen LogP contribution >= 0.6 is 0 Å². The summed E-state index contributed by atoms with van der Waals surface area (Å²) in [6.45, 7) is 1.74. The van der Waals surface area contributed by atoms with E-state index < -0.39 is 20.0 Å². The molecule has 0 spiro atoms. The average Bonchev–Trinajstić information content (AvgIpc) is 2.22. The van der Waals surface area contributed by atoms with Gasteiger partial charge in [-0.15, -0.1) is 0 Å². The van der Waals surface area contributed by atoms with Gasteiger partial charge in [-0.3, -0.25) is 0 Å². The molecule has 1 heterocycles. The molecule has 0 amide bonds. The van der Waals surface area contributed by atoms with E-state index in [1.165, 1.54) is 8.61 Å². The minimum atomic E-state index is -3.33. The van der Waals surface area contributed by atoms with E-state index >= 15 is 0 Å². The van der Waals surface area contributed by atoms with E-state index in [0.717, 1.165) is 12.5 Å². The summed E-state index contributed by atoms with van der Waals surface area (Å²) >= 11 is 0. The Bertz CT molecular complexity index is 415. The Labute approximate surface area is 109 Å². The monoisotopic (exact) mass is 300 g/mol. The van der Waals surface area contributed by atoms with E-state index in [1.54, 1.807) is 0 Å². The van der Waals surface area contributed by atoms with Crippen LogP contribution in [0.15, 0.2) is 0 Å². The topological polar surface area (TPSA) is 84.0 Å². The van der Waals surface area contributed by atoms with E-state index in [4.69, 9.17) is 4.74 Å². The molecule has 0 saturated carbocycles. The van der Waals surface area contributed by atoms with Gasteiger partial charge in [-0.25, -0.2) is 21.1 Å². The van der Waals surface area contributed by atoms with Gasteiger partial charge in [-0.05, 0) is 6.42 Å². The first-order valence-electron chi connectivity index (χ1n) is 5.69. The first-order valence-corrected chi connectivity index (χ1v) is 9.39. The molecule has 1 aliphatic rings. The molecule has 1 fully saturated rings. The van der Waals surface area contributed by atoms with Gasteiger partial charge in [0.2, 0.25) is 20.0 Å². The Hall–Kier alpha value is -0.220. The number of nitrogens with zero attached hydrogens (tertiary/aromatic N) is 2. The molecule has 0 aromatic rings. The number of hydrogen-bond donors (Lipinski definition) is 0. The van der Waals surface area contributed by atoms with Crippen molar-refractivity contribution in [1.29, 1.82) is 0 Å². The van der Waals surface area contributed by atoms with Gasteiger partial charge in [0.05, 0.1) is 19.1 Å². The maximum absolute atomic E-state index is 11.5. The highest BCUT2D eigenvalue weighted by Gasteiger charge is 2.22. The third kappa shape index (κ3) is 5.19. The molecule has 0 atom stereocenters. The van der Waals surface area contributed by atoms with Crippen molar-refractivity contribution >= 4 is 20.0 Å². The summed E-state index contributed by atoms with van der Waals surface area (Å²) in [5, 5.41) is 0. The van der Waals surface area contributed by atoms with Crippen molar-refractivity contribution in [2.45, 2.75) is 6.42 Å². The minimum Gasteiger partial charge on any atom is -0.380 e. The number of sulfonamides is 2. The van der Waals surface area contributed by atoms with Gasteiger partial charge in [-0.2, -0.15) is 4.31 Å². The summed E-state index contributed by atoms with van der Waals surface area (Å²) in [5.74, 6) is 0. The van der Waals surface area contributed by atoms with Crippen molar-refractivity contribution in [2.24, 2.45) is 0 Å². The fourth-order valence-corrected chi connectivity index (χ4v) is 3.41. The molecule has 0 unspecified atom stereocenters. The smallest absolute Gasteiger partial charge is 0.211 e. The second kappa shape index (κ2) is 6.29. The minimum absolute atomic E-state index is 0.162. The number of ether oxygens (including phenoxy) is 1. The molecule has 0 N–H and O–H groups in total. The fraction of sp³-hybridized carbons (Fsp3) is 1.00. The highest BCUT2D eigenvalue weighted by molar-refractivity contribution is 7.88. The number of rotatable bonds is 2. The third-order valence-corrected chi connectivity index (χ3v) is 5.32. The quantitative estimate of drug-likeness (QED) is 0.648. The van der Waals surface area contributed by atoms with Crippen LogP contribution in [0.4, 0.5) is 0 Å². The zero-order valence-electron chi connectivity index (χ0n) is 10.7. The van der Waals surface area contributed by atoms with Crippen LogP contribution in [0.25, 0.3) is 0 Å². The van der Waals surface area contributed by atoms with Crippen LogP contribution in [0, 0.1) is 0 Å². The van der Waals surface area contributed by atoms with Crippen molar-refractivity contribution < 1.29 is 21.6 Å². The Kier molecular flexibility index (Phi) is 5.53. The molecule has 9 heteroatoms. The molecule has 0 aromatic heterocycles. The van der Waals surface area contributed by atoms with Crippen molar-refractivity contribution in [2.75, 3.05) is 51.9 Å². The van der Waals surface area contributed by atoms with Crippen LogP contribution in [0.5, 0.6) is 0 Å². The van der Waals surface area contributed by atoms with E-state index in [9.17, 15) is 16.8 Å². The average molecular weight is 300 g/mol. The van der Waals surface area contributed by atoms with Gasteiger partial charge in [0, 0.05) is 32.8 Å². The zero-order valence-corrected chi connectivity index (χ0v) is 12.3. The Morgan fingerprint density at radius 2 is 1.28 bits per heavy atom. The summed E-state index contributed by atoms with van der Waals surface area (Å²) in [6.07, 6.45) is 2.86. The van der Waals surface area contributed by atoms with Gasteiger partial charge in [0.25, 0.3) is 0 Å². The largest absolute Gasteiger partial charge is 0.380 e. The van der Waals surface area contributed by atoms with Crippen LogP contribution in [-0.2, 0) is 24.8 Å². The second-order valence-electron chi connectivity index (χ2n) is 4.29. The summed E-state index contributed by atoms with van der Waals surface area (Å²) < 4.78 is 53.9. The summed E-state index contributed by atoms with van der Waals surface area (Å²) in [4.78, 5) is 0. The lowest BCUT2D eigenvalue weighted by Crippen LogP contribution is -2.43. The summed E-state index contributed by atoms with van der Waals surface area (Å²) in [7, 11) is -6.64. The third-order valence-electron chi connectivity index (χ3n) is 2.72. The normalized spacial score (nSPS) is 22.8. The molecule has 7 nitrogen and oxygen atoms in total. The molecule has 108 valence electrons. The van der Waals surface area contributed by atoms with E-state index in [-0.39, 0.29) is 19.6 Å². The Morgan fingerprint density at radius 3 is 1.78 bits per heavy atom. The highest BCUT2D eigenvalue weighted by Crippen LogP contribution is 2.05. The van der Waals surface area contributed by atoms with Crippen molar-refractivity contribution in [1.82, 2.24) is 8.61 Å². The van der Waals surface area contributed by atoms with Crippen LogP contribution in [-0.4, -0.2) is 77.4 Å². The van der Waals surface area contributed by atoms with Gasteiger partial charge in [0.15, 0.2) is 0 Å². The van der Waals surface area contributed by atoms with Crippen LogP contribution in [0.1, 0.15) is 6.42 Å². The van der Waals surface area contributed by atoms with Crippen LogP contribution in [0.3, 0.4) is 0 Å². The lowest BCUT2D eigenvalue weighted by atomic mass is 10.4. The van der Waals surface area contributed by atoms with Gasteiger partial charge >= 0.3 is 0 Å². The lowest BCUT2D eigenvalue weighted by Gasteiger charge is -2.26. The molecule has 18 heavy (non-hydrogen) atoms. The Morgan fingerprint density at radius 1 is 0.778 bits per heavy atom. The van der Waals surface area contributed by atoms with E-state index in [1.807, 2.05) is 0 Å². The highest BCUT2D eigenvalue weighted by atomic mass is 32.2. The SMILES string of the molecule is CS(=O)(=O)N1CCCOCCN(S(C)(=O)=O)CC1. The standard InChI is InChI=1S/C9H20N2O5S2/c1-17(12,13)10-4-3-8-16-9-7-11(6-5-10)18(2,14)15/h3-9H2,1-2H3. The van der Waals surface area contributed by atoms with Crippen molar-refractivity contribution in [3.63, 3.8) is 0 Å². The van der Waals surface area contributed by atoms with Gasteiger partial charge in [-0.1, -0.05) is 0 Å². The maximum atomic E-state index is 11.5. The van der Waals surface area contributed by atoms with Gasteiger partial charge in [0.1, 0.15) is 0 Å².